The van der Waals surface area contributed by atoms with Gasteiger partial charge in [-0.15, -0.1) is 0 Å². The molecule has 0 aliphatic carbocycles. The molecule has 0 radical (unpaired) electrons. The minimum atomic E-state index is -4.83. The van der Waals surface area contributed by atoms with Crippen molar-refractivity contribution < 1.29 is 18.0 Å². The van der Waals surface area contributed by atoms with E-state index in [0.717, 1.165) is 12.3 Å². The molecule has 0 saturated heterocycles. The van der Waals surface area contributed by atoms with Crippen LogP contribution >= 0.6 is 0 Å². The molecule has 0 unspecified atom stereocenters. The number of nitrogens with zero attached hydrogens (tertiary/aromatic N) is 1. The lowest BCUT2D eigenvalue weighted by Gasteiger charge is -2.06. The molecule has 1 rings (SSSR count). The summed E-state index contributed by atoms with van der Waals surface area (Å²) in [6.45, 7) is 6.08. The SMILES string of the molecule is CC(C)(C)C#CCn1ccc(C(=O)C(F)(F)F)c1. The van der Waals surface area contributed by atoms with Gasteiger partial charge in [-0.3, -0.25) is 4.79 Å². The Hall–Kier alpha value is -1.70. The summed E-state index contributed by atoms with van der Waals surface area (Å²) in [5.74, 6) is 3.99. The smallest absolute Gasteiger partial charge is 0.342 e. The molecule has 98 valence electrons. The van der Waals surface area contributed by atoms with Gasteiger partial charge < -0.3 is 4.57 Å². The van der Waals surface area contributed by atoms with Gasteiger partial charge in [0.05, 0.1) is 6.54 Å². The maximum absolute atomic E-state index is 12.2. The van der Waals surface area contributed by atoms with Crippen molar-refractivity contribution in [2.24, 2.45) is 5.41 Å². The van der Waals surface area contributed by atoms with E-state index in [1.54, 1.807) is 0 Å². The summed E-state index contributed by atoms with van der Waals surface area (Å²) in [5, 5.41) is 0. The van der Waals surface area contributed by atoms with E-state index in [4.69, 9.17) is 0 Å². The van der Waals surface area contributed by atoms with Gasteiger partial charge in [-0.05, 0) is 26.8 Å². The molecule has 5 heteroatoms. The van der Waals surface area contributed by atoms with Crippen LogP contribution in [0.15, 0.2) is 18.5 Å². The lowest BCUT2D eigenvalue weighted by Crippen LogP contribution is -2.22. The van der Waals surface area contributed by atoms with Crippen molar-refractivity contribution in [1.82, 2.24) is 4.57 Å². The Morgan fingerprint density at radius 2 is 1.94 bits per heavy atom. The molecule has 18 heavy (non-hydrogen) atoms. The molecule has 0 fully saturated rings. The number of rotatable bonds is 2. The second kappa shape index (κ2) is 4.89. The predicted molar refractivity (Wildman–Crippen MR) is 62.0 cm³/mol. The van der Waals surface area contributed by atoms with E-state index in [1.165, 1.54) is 10.8 Å². The van der Waals surface area contributed by atoms with Crippen molar-refractivity contribution in [2.75, 3.05) is 0 Å². The second-order valence-electron chi connectivity index (χ2n) is 4.95. The molecule has 2 nitrogen and oxygen atoms in total. The lowest BCUT2D eigenvalue weighted by atomic mass is 9.98. The van der Waals surface area contributed by atoms with E-state index in [2.05, 4.69) is 11.8 Å². The van der Waals surface area contributed by atoms with Crippen molar-refractivity contribution >= 4 is 5.78 Å². The molecule has 0 bridgehead atoms. The first-order chi connectivity index (χ1) is 8.09. The number of aromatic nitrogens is 1. The van der Waals surface area contributed by atoms with Crippen molar-refractivity contribution in [3.63, 3.8) is 0 Å². The Labute approximate surface area is 104 Å². The fraction of sp³-hybridized carbons (Fsp3) is 0.462. The van der Waals surface area contributed by atoms with Gasteiger partial charge in [-0.25, -0.2) is 0 Å². The highest BCUT2D eigenvalue weighted by Gasteiger charge is 2.39. The van der Waals surface area contributed by atoms with Crippen molar-refractivity contribution in [3.05, 3.63) is 24.0 Å². The van der Waals surface area contributed by atoms with Crippen LogP contribution in [0.5, 0.6) is 0 Å². The van der Waals surface area contributed by atoms with E-state index in [9.17, 15) is 18.0 Å². The molecule has 0 saturated carbocycles. The van der Waals surface area contributed by atoms with Gasteiger partial charge in [0.2, 0.25) is 0 Å². The normalized spacial score (nSPS) is 11.9. The molecular weight excluding hydrogens is 243 g/mol. The van der Waals surface area contributed by atoms with Gasteiger partial charge in [0.1, 0.15) is 0 Å². The third-order valence-electron chi connectivity index (χ3n) is 2.00. The second-order valence-corrected chi connectivity index (χ2v) is 4.95. The van der Waals surface area contributed by atoms with Gasteiger partial charge in [-0.1, -0.05) is 11.8 Å². The van der Waals surface area contributed by atoms with Crippen LogP contribution in [0.4, 0.5) is 13.2 Å². The zero-order valence-corrected chi connectivity index (χ0v) is 10.4. The maximum Gasteiger partial charge on any atom is 0.454 e. The Morgan fingerprint density at radius 3 is 2.44 bits per heavy atom. The molecule has 1 heterocycles. The summed E-state index contributed by atoms with van der Waals surface area (Å²) in [6.07, 6.45) is -2.26. The third-order valence-corrected chi connectivity index (χ3v) is 2.00. The van der Waals surface area contributed by atoms with Crippen LogP contribution in [0.1, 0.15) is 31.1 Å². The monoisotopic (exact) mass is 257 g/mol. The zero-order chi connectivity index (χ0) is 14.0. The van der Waals surface area contributed by atoms with Crippen LogP contribution in [0, 0.1) is 17.3 Å². The minimum absolute atomic E-state index is 0.155. The third kappa shape index (κ3) is 4.28. The Morgan fingerprint density at radius 1 is 1.33 bits per heavy atom. The molecule has 0 aliphatic heterocycles. The van der Waals surface area contributed by atoms with Crippen LogP contribution in [0.25, 0.3) is 0 Å². The summed E-state index contributed by atoms with van der Waals surface area (Å²) in [6, 6.07) is 1.15. The minimum Gasteiger partial charge on any atom is -0.342 e. The van der Waals surface area contributed by atoms with E-state index in [0.29, 0.717) is 0 Å². The Kier molecular flexibility index (Phi) is 3.90. The number of carbonyl (C=O) groups excluding carboxylic acids is 1. The summed E-state index contributed by atoms with van der Waals surface area (Å²) in [5.41, 5.74) is -0.516. The van der Waals surface area contributed by atoms with E-state index >= 15 is 0 Å². The quantitative estimate of drug-likeness (QED) is 0.588. The van der Waals surface area contributed by atoms with Crippen LogP contribution < -0.4 is 0 Å². The van der Waals surface area contributed by atoms with Crippen molar-refractivity contribution in [3.8, 4) is 11.8 Å². The molecule has 0 atom stereocenters. The van der Waals surface area contributed by atoms with Gasteiger partial charge in [0.25, 0.3) is 5.78 Å². The standard InChI is InChI=1S/C13H14F3NO/c1-12(2,3)6-4-7-17-8-5-10(9-17)11(18)13(14,15)16/h5,8-9H,7H2,1-3H3. The highest BCUT2D eigenvalue weighted by Crippen LogP contribution is 2.21. The maximum atomic E-state index is 12.2. The number of hydrogen-bond acceptors (Lipinski definition) is 1. The zero-order valence-electron chi connectivity index (χ0n) is 10.4. The number of hydrogen-bond donors (Lipinski definition) is 0. The van der Waals surface area contributed by atoms with E-state index in [-0.39, 0.29) is 17.5 Å². The average Bonchev–Trinajstić information content (AvgIpc) is 2.61. The summed E-state index contributed by atoms with van der Waals surface area (Å²) < 4.78 is 38.0. The van der Waals surface area contributed by atoms with Crippen molar-refractivity contribution in [2.45, 2.75) is 33.5 Å². The van der Waals surface area contributed by atoms with Gasteiger partial charge in [0, 0.05) is 23.4 Å². The number of alkyl halides is 3. The average molecular weight is 257 g/mol. The Balaban J connectivity index is 2.76. The highest BCUT2D eigenvalue weighted by molar-refractivity contribution is 6.00. The number of Topliss-reactive ketones (excluding diaryl/α,β-unsaturated/α-hetero) is 1. The molecular formula is C13H14F3NO. The highest BCUT2D eigenvalue weighted by atomic mass is 19.4. The van der Waals surface area contributed by atoms with Crippen LogP contribution in [0.2, 0.25) is 0 Å². The van der Waals surface area contributed by atoms with Gasteiger partial charge in [-0.2, -0.15) is 13.2 Å². The van der Waals surface area contributed by atoms with E-state index in [1.807, 2.05) is 20.8 Å². The first kappa shape index (κ1) is 14.4. The number of carbonyl (C=O) groups is 1. The first-order valence-electron chi connectivity index (χ1n) is 5.37. The topological polar surface area (TPSA) is 22.0 Å². The van der Waals surface area contributed by atoms with E-state index < -0.39 is 12.0 Å². The van der Waals surface area contributed by atoms with Gasteiger partial charge in [0.15, 0.2) is 0 Å². The molecule has 1 aromatic heterocycles. The number of halogens is 3. The molecule has 0 spiro atoms. The molecule has 0 amide bonds. The summed E-state index contributed by atoms with van der Waals surface area (Å²) in [7, 11) is 0. The summed E-state index contributed by atoms with van der Waals surface area (Å²) in [4.78, 5) is 10.9. The van der Waals surface area contributed by atoms with Crippen molar-refractivity contribution in [1.29, 1.82) is 0 Å². The number of ketones is 1. The molecule has 0 aromatic carbocycles. The Bertz CT molecular complexity index is 495. The lowest BCUT2D eigenvalue weighted by molar-refractivity contribution is -0.0885. The van der Waals surface area contributed by atoms with Crippen LogP contribution in [-0.2, 0) is 6.54 Å². The summed E-state index contributed by atoms with van der Waals surface area (Å²) >= 11 is 0. The predicted octanol–water partition coefficient (Wildman–Crippen LogP) is 3.28. The molecule has 0 aliphatic rings. The fourth-order valence-electron chi connectivity index (χ4n) is 1.23. The molecule has 0 N–H and O–H groups in total. The van der Waals surface area contributed by atoms with Crippen LogP contribution in [-0.4, -0.2) is 16.5 Å². The molecule has 1 aromatic rings. The van der Waals surface area contributed by atoms with Crippen LogP contribution in [0.3, 0.4) is 0 Å². The largest absolute Gasteiger partial charge is 0.454 e. The van der Waals surface area contributed by atoms with Gasteiger partial charge >= 0.3 is 6.18 Å². The fourth-order valence-corrected chi connectivity index (χ4v) is 1.23. The first-order valence-corrected chi connectivity index (χ1v) is 5.37.